The summed E-state index contributed by atoms with van der Waals surface area (Å²) in [6.45, 7) is 7.59. The van der Waals surface area contributed by atoms with Gasteiger partial charge in [-0.2, -0.15) is 9.61 Å². The molecule has 4 nitrogen and oxygen atoms in total. The van der Waals surface area contributed by atoms with Gasteiger partial charge in [0.2, 0.25) is 0 Å². The zero-order valence-corrected chi connectivity index (χ0v) is 15.4. The van der Waals surface area contributed by atoms with Crippen LogP contribution in [0.25, 0.3) is 16.9 Å². The van der Waals surface area contributed by atoms with Gasteiger partial charge in [-0.05, 0) is 45.6 Å². The summed E-state index contributed by atoms with van der Waals surface area (Å²) in [4.78, 5) is 7.26. The number of aromatic nitrogens is 3. The molecule has 0 aliphatic carbocycles. The van der Waals surface area contributed by atoms with Gasteiger partial charge in [0.25, 0.3) is 0 Å². The summed E-state index contributed by atoms with van der Waals surface area (Å²) in [5.74, 6) is 1.19. The monoisotopic (exact) mass is 334 g/mol. The van der Waals surface area contributed by atoms with E-state index in [1.807, 2.05) is 4.52 Å². The first kappa shape index (κ1) is 16.1. The van der Waals surface area contributed by atoms with Crippen LogP contribution in [-0.2, 0) is 0 Å². The van der Waals surface area contributed by atoms with Gasteiger partial charge in [0.1, 0.15) is 5.82 Å². The Kier molecular flexibility index (Phi) is 4.20. The molecule has 25 heavy (non-hydrogen) atoms. The van der Waals surface area contributed by atoms with Crippen molar-refractivity contribution in [2.45, 2.75) is 52.5 Å². The molecular weight excluding hydrogens is 308 g/mol. The molecule has 3 aromatic rings. The van der Waals surface area contributed by atoms with E-state index in [0.717, 1.165) is 29.1 Å². The number of hydrogen-bond donors (Lipinski definition) is 0. The molecule has 1 saturated heterocycles. The summed E-state index contributed by atoms with van der Waals surface area (Å²) >= 11 is 0. The molecule has 1 fully saturated rings. The number of nitrogens with zero attached hydrogens (tertiary/aromatic N) is 4. The molecule has 3 heterocycles. The fraction of sp³-hybridized carbons (Fsp3) is 0.429. The van der Waals surface area contributed by atoms with Crippen molar-refractivity contribution in [2.24, 2.45) is 0 Å². The lowest BCUT2D eigenvalue weighted by atomic mass is 10.00. The maximum Gasteiger partial charge on any atom is 0.158 e. The van der Waals surface area contributed by atoms with Crippen molar-refractivity contribution in [3.05, 3.63) is 47.7 Å². The van der Waals surface area contributed by atoms with Gasteiger partial charge < -0.3 is 4.90 Å². The highest BCUT2D eigenvalue weighted by Gasteiger charge is 2.24. The average molecular weight is 334 g/mol. The van der Waals surface area contributed by atoms with Gasteiger partial charge >= 0.3 is 0 Å². The number of fused-ring (bicyclic) bond motifs is 1. The fourth-order valence-corrected chi connectivity index (χ4v) is 3.96. The lowest BCUT2D eigenvalue weighted by Gasteiger charge is -2.37. The third kappa shape index (κ3) is 3.01. The molecule has 0 bridgehead atoms. The molecule has 0 spiro atoms. The maximum atomic E-state index is 4.92. The van der Waals surface area contributed by atoms with E-state index >= 15 is 0 Å². The Hall–Kier alpha value is -2.36. The van der Waals surface area contributed by atoms with Gasteiger partial charge in [0.15, 0.2) is 5.65 Å². The van der Waals surface area contributed by atoms with Crippen LogP contribution in [0.1, 0.15) is 43.9 Å². The molecule has 0 amide bonds. The Balaban J connectivity index is 1.84. The molecule has 1 aliphatic heterocycles. The topological polar surface area (TPSA) is 33.4 Å². The van der Waals surface area contributed by atoms with Crippen LogP contribution >= 0.6 is 0 Å². The summed E-state index contributed by atoms with van der Waals surface area (Å²) in [5, 5.41) is 4.92. The number of aryl methyl sites for hydroxylation is 2. The molecule has 1 atom stereocenters. The van der Waals surface area contributed by atoms with Crippen molar-refractivity contribution in [2.75, 3.05) is 11.4 Å². The van der Waals surface area contributed by atoms with Crippen LogP contribution in [0.15, 0.2) is 36.4 Å². The second-order valence-corrected chi connectivity index (χ2v) is 7.18. The van der Waals surface area contributed by atoms with Crippen LogP contribution < -0.4 is 4.90 Å². The predicted molar refractivity (Wildman–Crippen MR) is 103 cm³/mol. The van der Waals surface area contributed by atoms with Crippen LogP contribution in [0.3, 0.4) is 0 Å². The standard InChI is InChI=1S/C21H26N4/c1-4-18-10-5-6-11-24(18)21-13-16(3)22-20-14-19(23-25(20)21)17-9-7-8-15(2)12-17/h7-9,12-14,18H,4-6,10-11H2,1-3H3/t18-/m1/s1. The molecule has 4 heteroatoms. The van der Waals surface area contributed by atoms with Crippen LogP contribution in [-0.4, -0.2) is 27.2 Å². The number of anilines is 1. The maximum absolute atomic E-state index is 4.92. The first-order chi connectivity index (χ1) is 12.2. The predicted octanol–water partition coefficient (Wildman–Crippen LogP) is 4.78. The Morgan fingerprint density at radius 2 is 2.00 bits per heavy atom. The molecule has 0 unspecified atom stereocenters. The van der Waals surface area contributed by atoms with E-state index in [0.29, 0.717) is 6.04 Å². The summed E-state index contributed by atoms with van der Waals surface area (Å²) in [6, 6.07) is 13.4. The van der Waals surface area contributed by atoms with E-state index in [1.54, 1.807) is 0 Å². The molecule has 1 aromatic carbocycles. The molecule has 0 radical (unpaired) electrons. The highest BCUT2D eigenvalue weighted by Crippen LogP contribution is 2.29. The van der Waals surface area contributed by atoms with Crippen LogP contribution in [0.4, 0.5) is 5.82 Å². The molecule has 1 aliphatic rings. The SMILES string of the molecule is CC[C@@H]1CCCCN1c1cc(C)nc2cc(-c3cccc(C)c3)nn12. The van der Waals surface area contributed by atoms with Gasteiger partial charge in [-0.15, -0.1) is 0 Å². The third-order valence-electron chi connectivity index (χ3n) is 5.24. The van der Waals surface area contributed by atoms with Crippen LogP contribution in [0, 0.1) is 13.8 Å². The Morgan fingerprint density at radius 1 is 1.12 bits per heavy atom. The van der Waals surface area contributed by atoms with E-state index in [4.69, 9.17) is 10.1 Å². The van der Waals surface area contributed by atoms with E-state index in [-0.39, 0.29) is 0 Å². The molecule has 130 valence electrons. The van der Waals surface area contributed by atoms with Crippen molar-refractivity contribution >= 4 is 11.5 Å². The van der Waals surface area contributed by atoms with E-state index in [1.165, 1.54) is 37.1 Å². The van der Waals surface area contributed by atoms with Gasteiger partial charge in [0.05, 0.1) is 5.69 Å². The van der Waals surface area contributed by atoms with Crippen molar-refractivity contribution < 1.29 is 0 Å². The second kappa shape index (κ2) is 6.51. The molecule has 0 saturated carbocycles. The van der Waals surface area contributed by atoms with Crippen molar-refractivity contribution in [3.8, 4) is 11.3 Å². The van der Waals surface area contributed by atoms with Crippen LogP contribution in [0.5, 0.6) is 0 Å². The summed E-state index contributed by atoms with van der Waals surface area (Å²) < 4.78 is 2.04. The lowest BCUT2D eigenvalue weighted by molar-refractivity contribution is 0.444. The number of benzene rings is 1. The number of hydrogen-bond acceptors (Lipinski definition) is 3. The molecule has 4 rings (SSSR count). The first-order valence-corrected chi connectivity index (χ1v) is 9.37. The molecule has 0 N–H and O–H groups in total. The largest absolute Gasteiger partial charge is 0.353 e. The minimum absolute atomic E-state index is 0.602. The van der Waals surface area contributed by atoms with Gasteiger partial charge in [-0.25, -0.2) is 4.98 Å². The number of rotatable bonds is 3. The molecular formula is C21H26N4. The third-order valence-corrected chi connectivity index (χ3v) is 5.24. The van der Waals surface area contributed by atoms with Gasteiger partial charge in [0, 0.05) is 36.0 Å². The summed E-state index contributed by atoms with van der Waals surface area (Å²) in [5.41, 5.74) is 5.39. The zero-order valence-electron chi connectivity index (χ0n) is 15.4. The van der Waals surface area contributed by atoms with Crippen LogP contribution in [0.2, 0.25) is 0 Å². The van der Waals surface area contributed by atoms with E-state index < -0.39 is 0 Å². The smallest absolute Gasteiger partial charge is 0.158 e. The quantitative estimate of drug-likeness (QED) is 0.691. The van der Waals surface area contributed by atoms with E-state index in [2.05, 4.69) is 62.1 Å². The summed E-state index contributed by atoms with van der Waals surface area (Å²) in [6.07, 6.45) is 5.03. The average Bonchev–Trinajstić information content (AvgIpc) is 3.05. The van der Waals surface area contributed by atoms with Gasteiger partial charge in [-0.3, -0.25) is 0 Å². The Morgan fingerprint density at radius 3 is 2.80 bits per heavy atom. The molecule has 2 aromatic heterocycles. The fourth-order valence-electron chi connectivity index (χ4n) is 3.96. The van der Waals surface area contributed by atoms with Crippen molar-refractivity contribution in [3.63, 3.8) is 0 Å². The normalized spacial score (nSPS) is 18.0. The highest BCUT2D eigenvalue weighted by atomic mass is 15.4. The minimum atomic E-state index is 0.602. The second-order valence-electron chi connectivity index (χ2n) is 7.18. The minimum Gasteiger partial charge on any atom is -0.353 e. The Bertz CT molecular complexity index is 896. The first-order valence-electron chi connectivity index (χ1n) is 9.37. The van der Waals surface area contributed by atoms with Crippen molar-refractivity contribution in [1.29, 1.82) is 0 Å². The lowest BCUT2D eigenvalue weighted by Crippen LogP contribution is -2.40. The summed E-state index contributed by atoms with van der Waals surface area (Å²) in [7, 11) is 0. The highest BCUT2D eigenvalue weighted by molar-refractivity contribution is 5.66. The van der Waals surface area contributed by atoms with Crippen molar-refractivity contribution in [1.82, 2.24) is 14.6 Å². The zero-order chi connectivity index (χ0) is 17.4. The van der Waals surface area contributed by atoms with Gasteiger partial charge in [-0.1, -0.05) is 30.7 Å². The Labute approximate surface area is 149 Å². The van der Waals surface area contributed by atoms with E-state index in [9.17, 15) is 0 Å². The number of piperidine rings is 1.